The fraction of sp³-hybridized carbons (Fsp3) is 0.0588. The molecule has 0 aliphatic heterocycles. The highest BCUT2D eigenvalue weighted by atomic mass is 35.5. The summed E-state index contributed by atoms with van der Waals surface area (Å²) in [6, 6.07) is 9.83. The van der Waals surface area contributed by atoms with Gasteiger partial charge in [-0.05, 0) is 36.8 Å². The number of halogens is 2. The number of thiazole rings is 1. The Hall–Kier alpha value is -2.28. The van der Waals surface area contributed by atoms with E-state index in [2.05, 4.69) is 33.3 Å². The van der Waals surface area contributed by atoms with Gasteiger partial charge in [0.15, 0.2) is 0 Å². The van der Waals surface area contributed by atoms with Gasteiger partial charge in [0.25, 0.3) is 0 Å². The molecule has 0 bridgehead atoms. The molecular weight excluding hydrogens is 377 g/mol. The largest absolute Gasteiger partial charge is 0.322 e. The van der Waals surface area contributed by atoms with E-state index in [1.165, 1.54) is 18.2 Å². The summed E-state index contributed by atoms with van der Waals surface area (Å²) < 4.78 is 1.12. The molecule has 0 atom stereocenters. The second-order valence-corrected chi connectivity index (χ2v) is 7.18. The first-order valence-corrected chi connectivity index (χ1v) is 8.93. The first kappa shape index (κ1) is 16.2. The number of nitrogens with one attached hydrogen (secondary N) is 1. The molecule has 25 heavy (non-hydrogen) atoms. The van der Waals surface area contributed by atoms with E-state index >= 15 is 0 Å². The lowest BCUT2D eigenvalue weighted by molar-refractivity contribution is 1.05. The number of benzene rings is 2. The molecule has 1 N–H and O–H groups in total. The first-order chi connectivity index (χ1) is 12.1. The van der Waals surface area contributed by atoms with Crippen molar-refractivity contribution in [1.29, 1.82) is 0 Å². The van der Waals surface area contributed by atoms with Crippen LogP contribution in [0.2, 0.25) is 10.0 Å². The molecule has 0 fully saturated rings. The van der Waals surface area contributed by atoms with Crippen LogP contribution in [0.1, 0.15) is 5.56 Å². The van der Waals surface area contributed by atoms with Crippen LogP contribution < -0.4 is 5.32 Å². The van der Waals surface area contributed by atoms with Gasteiger partial charge in [0.2, 0.25) is 5.95 Å². The van der Waals surface area contributed by atoms with Crippen LogP contribution in [0.5, 0.6) is 0 Å². The minimum Gasteiger partial charge on any atom is -0.322 e. The van der Waals surface area contributed by atoms with Crippen molar-refractivity contribution in [1.82, 2.24) is 19.9 Å². The summed E-state index contributed by atoms with van der Waals surface area (Å²) in [6.07, 6.45) is 2.82. The van der Waals surface area contributed by atoms with Crippen LogP contribution in [0.3, 0.4) is 0 Å². The molecule has 0 spiro atoms. The molecule has 124 valence electrons. The van der Waals surface area contributed by atoms with Crippen molar-refractivity contribution >= 4 is 56.4 Å². The van der Waals surface area contributed by atoms with Gasteiger partial charge in [-0.3, -0.25) is 0 Å². The Balaban J connectivity index is 1.87. The van der Waals surface area contributed by atoms with Gasteiger partial charge < -0.3 is 5.32 Å². The lowest BCUT2D eigenvalue weighted by Crippen LogP contribution is -1.99. The van der Waals surface area contributed by atoms with E-state index in [0.29, 0.717) is 21.7 Å². The topological polar surface area (TPSA) is 63.6 Å². The molecule has 5 nitrogen and oxygen atoms in total. The molecule has 8 heteroatoms. The Morgan fingerprint density at radius 1 is 1.04 bits per heavy atom. The summed E-state index contributed by atoms with van der Waals surface area (Å²) in [6.45, 7) is 2.06. The number of anilines is 2. The van der Waals surface area contributed by atoms with Gasteiger partial charge in [0.05, 0.1) is 25.9 Å². The van der Waals surface area contributed by atoms with E-state index in [4.69, 9.17) is 28.2 Å². The highest BCUT2D eigenvalue weighted by molar-refractivity contribution is 7.21. The molecule has 2 aromatic heterocycles. The molecule has 4 rings (SSSR count). The van der Waals surface area contributed by atoms with Crippen molar-refractivity contribution in [3.8, 4) is 10.6 Å². The quantitative estimate of drug-likeness (QED) is 0.502. The van der Waals surface area contributed by atoms with Crippen molar-refractivity contribution in [3.63, 3.8) is 0 Å². The smallest absolute Gasteiger partial charge is 0.230 e. The summed E-state index contributed by atoms with van der Waals surface area (Å²) in [5.41, 5.74) is 3.60. The average Bonchev–Trinajstić information content (AvgIpc) is 3.03. The second-order valence-electron chi connectivity index (χ2n) is 5.36. The number of hydrogen-bond donors (Lipinski definition) is 1. The molecule has 4 aromatic rings. The Kier molecular flexibility index (Phi) is 4.25. The molecule has 2 heterocycles. The van der Waals surface area contributed by atoms with Crippen molar-refractivity contribution in [3.05, 3.63) is 58.6 Å². The standard InChI is InChI=1S/C17H11Cl2N5S/c1-9-2-5-12-13(6-9)25-16(23-12)10-3-4-11(18)14(19)15(10)24-17-21-7-20-8-22-17/h2-8H,1H3,(H,20,21,22,24). The average molecular weight is 388 g/mol. The van der Waals surface area contributed by atoms with Gasteiger partial charge in [-0.1, -0.05) is 29.3 Å². The van der Waals surface area contributed by atoms with E-state index in [9.17, 15) is 0 Å². The third-order valence-electron chi connectivity index (χ3n) is 3.60. The summed E-state index contributed by atoms with van der Waals surface area (Å²) in [5.74, 6) is 0.386. The first-order valence-electron chi connectivity index (χ1n) is 7.36. The zero-order chi connectivity index (χ0) is 17.4. The van der Waals surface area contributed by atoms with Crippen LogP contribution in [-0.4, -0.2) is 19.9 Å². The van der Waals surface area contributed by atoms with Crippen molar-refractivity contribution in [2.45, 2.75) is 6.92 Å². The Morgan fingerprint density at radius 3 is 2.64 bits per heavy atom. The zero-order valence-electron chi connectivity index (χ0n) is 13.0. The van der Waals surface area contributed by atoms with Crippen LogP contribution in [0.15, 0.2) is 43.0 Å². The van der Waals surface area contributed by atoms with E-state index < -0.39 is 0 Å². The maximum absolute atomic E-state index is 6.43. The van der Waals surface area contributed by atoms with Crippen LogP contribution in [0.4, 0.5) is 11.6 Å². The van der Waals surface area contributed by atoms with Crippen LogP contribution in [-0.2, 0) is 0 Å². The monoisotopic (exact) mass is 387 g/mol. The lowest BCUT2D eigenvalue weighted by atomic mass is 10.2. The van der Waals surface area contributed by atoms with Gasteiger partial charge >= 0.3 is 0 Å². The van der Waals surface area contributed by atoms with Crippen LogP contribution in [0, 0.1) is 6.92 Å². The minimum atomic E-state index is 0.386. The van der Waals surface area contributed by atoms with Crippen molar-refractivity contribution in [2.24, 2.45) is 0 Å². The minimum absolute atomic E-state index is 0.386. The second kappa shape index (κ2) is 6.55. The van der Waals surface area contributed by atoms with Gasteiger partial charge in [0.1, 0.15) is 17.7 Å². The van der Waals surface area contributed by atoms with E-state index in [-0.39, 0.29) is 0 Å². The Bertz CT molecular complexity index is 1070. The zero-order valence-corrected chi connectivity index (χ0v) is 15.3. The SMILES string of the molecule is Cc1ccc2nc(-c3ccc(Cl)c(Cl)c3Nc3ncncn3)sc2c1. The fourth-order valence-electron chi connectivity index (χ4n) is 2.41. The maximum Gasteiger partial charge on any atom is 0.230 e. The maximum atomic E-state index is 6.43. The number of aromatic nitrogens is 4. The van der Waals surface area contributed by atoms with Gasteiger partial charge in [-0.15, -0.1) is 11.3 Å². The van der Waals surface area contributed by atoms with Crippen molar-refractivity contribution < 1.29 is 0 Å². The van der Waals surface area contributed by atoms with Crippen LogP contribution in [0.25, 0.3) is 20.8 Å². The normalized spacial score (nSPS) is 11.0. The third-order valence-corrected chi connectivity index (χ3v) is 5.46. The predicted molar refractivity (Wildman–Crippen MR) is 103 cm³/mol. The Labute approximate surface area is 157 Å². The molecule has 0 aliphatic carbocycles. The number of nitrogens with zero attached hydrogens (tertiary/aromatic N) is 4. The molecule has 0 saturated heterocycles. The highest BCUT2D eigenvalue weighted by Gasteiger charge is 2.17. The molecule has 0 amide bonds. The highest BCUT2D eigenvalue weighted by Crippen LogP contribution is 2.42. The molecule has 0 radical (unpaired) electrons. The van der Waals surface area contributed by atoms with Crippen LogP contribution >= 0.6 is 34.5 Å². The summed E-state index contributed by atoms with van der Waals surface area (Å²) in [7, 11) is 0. The van der Waals surface area contributed by atoms with E-state index in [1.807, 2.05) is 18.2 Å². The van der Waals surface area contributed by atoms with E-state index in [0.717, 1.165) is 20.8 Å². The molecule has 0 aliphatic rings. The van der Waals surface area contributed by atoms with Crippen molar-refractivity contribution in [2.75, 3.05) is 5.32 Å². The number of rotatable bonds is 3. The molecule has 2 aromatic carbocycles. The molecule has 0 unspecified atom stereocenters. The number of hydrogen-bond acceptors (Lipinski definition) is 6. The third kappa shape index (κ3) is 3.16. The van der Waals surface area contributed by atoms with E-state index in [1.54, 1.807) is 17.4 Å². The summed E-state index contributed by atoms with van der Waals surface area (Å²) in [4.78, 5) is 16.7. The Morgan fingerprint density at radius 2 is 1.84 bits per heavy atom. The predicted octanol–water partition coefficient (Wildman–Crippen LogP) is 5.51. The molecule has 0 saturated carbocycles. The summed E-state index contributed by atoms with van der Waals surface area (Å²) in [5, 5.41) is 4.81. The lowest BCUT2D eigenvalue weighted by Gasteiger charge is -2.12. The van der Waals surface area contributed by atoms with Gasteiger partial charge in [-0.2, -0.15) is 0 Å². The number of aryl methyl sites for hydroxylation is 1. The fourth-order valence-corrected chi connectivity index (χ4v) is 3.88. The number of fused-ring (bicyclic) bond motifs is 1. The van der Waals surface area contributed by atoms with Gasteiger partial charge in [0, 0.05) is 5.56 Å². The molecular formula is C17H11Cl2N5S. The van der Waals surface area contributed by atoms with Gasteiger partial charge in [-0.25, -0.2) is 19.9 Å². The summed E-state index contributed by atoms with van der Waals surface area (Å²) >= 11 is 14.2.